The van der Waals surface area contributed by atoms with Gasteiger partial charge in [-0.1, -0.05) is 0 Å². The number of methoxy groups -OCH3 is 1. The minimum Gasteiger partial charge on any atom is -0.469 e. The highest BCUT2D eigenvalue weighted by molar-refractivity contribution is 5.75. The molecule has 3 nitrogen and oxygen atoms in total. The third kappa shape index (κ3) is 0.600. The van der Waals surface area contributed by atoms with Crippen molar-refractivity contribution in [1.82, 2.24) is 0 Å². The molecule has 4 aliphatic rings. The third-order valence-corrected chi connectivity index (χ3v) is 3.77. The van der Waals surface area contributed by atoms with E-state index in [0.717, 1.165) is 13.0 Å². The van der Waals surface area contributed by atoms with Crippen LogP contribution in [-0.4, -0.2) is 25.3 Å². The van der Waals surface area contributed by atoms with Crippen molar-refractivity contribution >= 4 is 5.97 Å². The van der Waals surface area contributed by atoms with Gasteiger partial charge in [-0.3, -0.25) is 4.79 Å². The minimum absolute atomic E-state index is 0.0244. The summed E-state index contributed by atoms with van der Waals surface area (Å²) in [5, 5.41) is 0. The lowest BCUT2D eigenvalue weighted by molar-refractivity contribution is -0.153. The van der Waals surface area contributed by atoms with Crippen molar-refractivity contribution in [2.75, 3.05) is 13.7 Å². The van der Waals surface area contributed by atoms with Gasteiger partial charge in [0.15, 0.2) is 0 Å². The van der Waals surface area contributed by atoms with E-state index in [1.54, 1.807) is 0 Å². The Balaban J connectivity index is 1.81. The number of rotatable bonds is 1. The van der Waals surface area contributed by atoms with Gasteiger partial charge in [-0.05, 0) is 18.8 Å². The number of carbonyl (C=O) groups is 1. The Kier molecular flexibility index (Phi) is 1.06. The molecule has 0 N–H and O–H groups in total. The molecule has 0 amide bonds. The van der Waals surface area contributed by atoms with Crippen molar-refractivity contribution in [2.24, 2.45) is 17.8 Å². The van der Waals surface area contributed by atoms with E-state index >= 15 is 0 Å². The molecule has 1 spiro atoms. The predicted molar refractivity (Wildman–Crippen MR) is 40.4 cm³/mol. The van der Waals surface area contributed by atoms with Gasteiger partial charge in [0.1, 0.15) is 0 Å². The van der Waals surface area contributed by atoms with Crippen LogP contribution in [0.5, 0.6) is 0 Å². The van der Waals surface area contributed by atoms with Crippen LogP contribution in [0.1, 0.15) is 12.8 Å². The van der Waals surface area contributed by atoms with Gasteiger partial charge < -0.3 is 9.47 Å². The van der Waals surface area contributed by atoms with Crippen LogP contribution in [0.2, 0.25) is 0 Å². The summed E-state index contributed by atoms with van der Waals surface area (Å²) in [4.78, 5) is 11.3. The van der Waals surface area contributed by atoms with E-state index in [9.17, 15) is 4.79 Å². The molecule has 2 bridgehead atoms. The van der Waals surface area contributed by atoms with E-state index in [0.29, 0.717) is 11.8 Å². The Morgan fingerprint density at radius 1 is 1.67 bits per heavy atom. The van der Waals surface area contributed by atoms with Gasteiger partial charge in [-0.25, -0.2) is 0 Å². The molecular weight excluding hydrogens is 156 g/mol. The van der Waals surface area contributed by atoms with Crippen molar-refractivity contribution in [1.29, 1.82) is 0 Å². The normalized spacial score (nSPS) is 53.6. The zero-order valence-corrected chi connectivity index (χ0v) is 7.08. The summed E-state index contributed by atoms with van der Waals surface area (Å²) < 4.78 is 10.2. The summed E-state index contributed by atoms with van der Waals surface area (Å²) in [6.45, 7) is 0.877. The number of esters is 1. The number of hydrogen-bond donors (Lipinski definition) is 0. The molecule has 1 aliphatic heterocycles. The van der Waals surface area contributed by atoms with Gasteiger partial charge >= 0.3 is 5.97 Å². The Morgan fingerprint density at radius 3 is 2.92 bits per heavy atom. The first-order valence-electron chi connectivity index (χ1n) is 4.49. The lowest BCUT2D eigenvalue weighted by atomic mass is 9.71. The second-order valence-electron chi connectivity index (χ2n) is 4.21. The number of epoxide rings is 1. The first-order chi connectivity index (χ1) is 5.77. The number of ether oxygens (including phenoxy) is 2. The average Bonchev–Trinajstić information content (AvgIpc) is 2.54. The average molecular weight is 168 g/mol. The van der Waals surface area contributed by atoms with Crippen LogP contribution < -0.4 is 0 Å². The van der Waals surface area contributed by atoms with Crippen LogP contribution in [0.25, 0.3) is 0 Å². The topological polar surface area (TPSA) is 38.8 Å². The van der Waals surface area contributed by atoms with Gasteiger partial charge in [0.2, 0.25) is 0 Å². The van der Waals surface area contributed by atoms with E-state index in [2.05, 4.69) is 0 Å². The lowest BCUT2D eigenvalue weighted by Gasteiger charge is -2.33. The van der Waals surface area contributed by atoms with E-state index in [1.807, 2.05) is 0 Å². The first kappa shape index (κ1) is 6.89. The molecule has 3 heteroatoms. The van der Waals surface area contributed by atoms with Crippen molar-refractivity contribution in [3.63, 3.8) is 0 Å². The maximum absolute atomic E-state index is 11.3. The second kappa shape index (κ2) is 1.84. The maximum atomic E-state index is 11.3. The molecular formula is C9H12O3. The molecule has 12 heavy (non-hydrogen) atoms. The van der Waals surface area contributed by atoms with Crippen molar-refractivity contribution in [3.05, 3.63) is 0 Å². The molecule has 3 aliphatic carbocycles. The first-order valence-corrected chi connectivity index (χ1v) is 4.49. The lowest BCUT2D eigenvalue weighted by Crippen LogP contribution is -2.38. The Bertz CT molecular complexity index is 244. The number of hydrogen-bond acceptors (Lipinski definition) is 3. The molecule has 4 rings (SSSR count). The molecule has 3 saturated carbocycles. The molecule has 4 fully saturated rings. The van der Waals surface area contributed by atoms with Gasteiger partial charge in [0.05, 0.1) is 25.2 Å². The highest BCUT2D eigenvalue weighted by Crippen LogP contribution is 2.65. The molecule has 1 heterocycles. The quantitative estimate of drug-likeness (QED) is 0.425. The van der Waals surface area contributed by atoms with Crippen LogP contribution >= 0.6 is 0 Å². The minimum atomic E-state index is -0.0244. The zero-order valence-electron chi connectivity index (χ0n) is 7.08. The number of carbonyl (C=O) groups excluding carboxylic acids is 1. The van der Waals surface area contributed by atoms with E-state index in [1.165, 1.54) is 13.5 Å². The molecule has 0 radical (unpaired) electrons. The summed E-state index contributed by atoms with van der Waals surface area (Å²) in [5.41, 5.74) is 0.128. The van der Waals surface area contributed by atoms with Crippen molar-refractivity contribution in [2.45, 2.75) is 18.4 Å². The highest BCUT2D eigenvalue weighted by Gasteiger charge is 2.70. The Labute approximate surface area is 71.0 Å². The summed E-state index contributed by atoms with van der Waals surface area (Å²) >= 11 is 0. The summed E-state index contributed by atoms with van der Waals surface area (Å²) in [6.07, 6.45) is 2.28. The fourth-order valence-corrected chi connectivity index (χ4v) is 3.02. The van der Waals surface area contributed by atoms with Crippen LogP contribution in [0.3, 0.4) is 0 Å². The Morgan fingerprint density at radius 2 is 2.42 bits per heavy atom. The molecule has 4 atom stereocenters. The molecule has 0 aromatic heterocycles. The Hall–Kier alpha value is -0.570. The second-order valence-corrected chi connectivity index (χ2v) is 4.21. The third-order valence-electron chi connectivity index (χ3n) is 3.77. The molecule has 66 valence electrons. The van der Waals surface area contributed by atoms with Gasteiger partial charge in [0, 0.05) is 5.92 Å². The molecule has 1 saturated heterocycles. The van der Waals surface area contributed by atoms with Gasteiger partial charge in [0.25, 0.3) is 0 Å². The van der Waals surface area contributed by atoms with Crippen LogP contribution in [0.4, 0.5) is 0 Å². The smallest absolute Gasteiger partial charge is 0.309 e. The van der Waals surface area contributed by atoms with Crippen LogP contribution in [0, 0.1) is 17.8 Å². The van der Waals surface area contributed by atoms with Crippen LogP contribution in [0.15, 0.2) is 0 Å². The highest BCUT2D eigenvalue weighted by atomic mass is 16.6. The van der Waals surface area contributed by atoms with Gasteiger partial charge in [-0.15, -0.1) is 0 Å². The largest absolute Gasteiger partial charge is 0.469 e. The SMILES string of the molecule is COC(=O)[C@H]1[C@H]2C[C@@H]1[C@@]1(CO1)C2. The monoisotopic (exact) mass is 168 g/mol. The van der Waals surface area contributed by atoms with Gasteiger partial charge in [-0.2, -0.15) is 0 Å². The molecule has 0 aromatic rings. The fourth-order valence-electron chi connectivity index (χ4n) is 3.02. The zero-order chi connectivity index (χ0) is 8.34. The summed E-state index contributed by atoms with van der Waals surface area (Å²) in [6, 6.07) is 0. The van der Waals surface area contributed by atoms with Crippen molar-refractivity contribution < 1.29 is 14.3 Å². The standard InChI is InChI=1S/C9H12O3/c1-11-8(10)7-5-2-6(7)9(3-5)4-12-9/h5-7H,2-4H2,1H3/t5-,6-,7-,9-/m0/s1. The van der Waals surface area contributed by atoms with Crippen molar-refractivity contribution in [3.8, 4) is 0 Å². The van der Waals surface area contributed by atoms with E-state index in [4.69, 9.17) is 9.47 Å². The predicted octanol–water partition coefficient (Wildman–Crippen LogP) is 0.584. The van der Waals surface area contributed by atoms with Crippen LogP contribution in [-0.2, 0) is 14.3 Å². The van der Waals surface area contributed by atoms with E-state index < -0.39 is 0 Å². The maximum Gasteiger partial charge on any atom is 0.309 e. The molecule has 0 aromatic carbocycles. The summed E-state index contributed by atoms with van der Waals surface area (Å²) in [7, 11) is 1.47. The summed E-state index contributed by atoms with van der Waals surface area (Å²) in [5.74, 6) is 1.18. The fraction of sp³-hybridized carbons (Fsp3) is 0.889. The molecule has 0 unspecified atom stereocenters. The van der Waals surface area contributed by atoms with E-state index in [-0.39, 0.29) is 17.5 Å².